The molecule has 0 heterocycles. The summed E-state index contributed by atoms with van der Waals surface area (Å²) in [7, 11) is 0. The highest BCUT2D eigenvalue weighted by Crippen LogP contribution is 2.17. The molecule has 6 heteroatoms. The summed E-state index contributed by atoms with van der Waals surface area (Å²) in [5.74, 6) is -0.911. The molecular formula is C74H128O6. The van der Waals surface area contributed by atoms with Crippen molar-refractivity contribution in [2.75, 3.05) is 13.2 Å². The molecule has 80 heavy (non-hydrogen) atoms. The van der Waals surface area contributed by atoms with Gasteiger partial charge >= 0.3 is 17.9 Å². The fourth-order valence-corrected chi connectivity index (χ4v) is 9.71. The second kappa shape index (κ2) is 67.8. The maximum Gasteiger partial charge on any atom is 0.306 e. The number of allylic oxidation sites excluding steroid dienone is 16. The summed E-state index contributed by atoms with van der Waals surface area (Å²) in [4.78, 5) is 38.4. The van der Waals surface area contributed by atoms with Crippen LogP contribution in [0.5, 0.6) is 0 Å². The smallest absolute Gasteiger partial charge is 0.306 e. The molecule has 0 aliphatic heterocycles. The van der Waals surface area contributed by atoms with E-state index in [1.54, 1.807) is 0 Å². The summed E-state index contributed by atoms with van der Waals surface area (Å²) in [5, 5.41) is 0. The van der Waals surface area contributed by atoms with Gasteiger partial charge in [-0.1, -0.05) is 311 Å². The molecule has 0 aromatic carbocycles. The molecule has 0 saturated carbocycles. The van der Waals surface area contributed by atoms with Crippen LogP contribution in [0, 0.1) is 0 Å². The number of unbranched alkanes of at least 4 members (excludes halogenated alkanes) is 35. The molecule has 0 fully saturated rings. The largest absolute Gasteiger partial charge is 0.462 e. The molecule has 0 amide bonds. The van der Waals surface area contributed by atoms with Gasteiger partial charge in [0.25, 0.3) is 0 Å². The first-order chi connectivity index (χ1) is 39.5. The molecule has 0 aliphatic rings. The van der Waals surface area contributed by atoms with Gasteiger partial charge in [0, 0.05) is 19.3 Å². The minimum absolute atomic E-state index is 0.0896. The molecule has 1 atom stereocenters. The van der Waals surface area contributed by atoms with Crippen molar-refractivity contribution >= 4 is 17.9 Å². The summed E-state index contributed by atoms with van der Waals surface area (Å²) in [5.41, 5.74) is 0. The van der Waals surface area contributed by atoms with E-state index in [1.165, 1.54) is 186 Å². The normalized spacial score (nSPS) is 12.7. The van der Waals surface area contributed by atoms with E-state index >= 15 is 0 Å². The third-order valence-corrected chi connectivity index (χ3v) is 14.8. The van der Waals surface area contributed by atoms with Gasteiger partial charge in [0.05, 0.1) is 0 Å². The number of hydrogen-bond donors (Lipinski definition) is 0. The molecule has 460 valence electrons. The van der Waals surface area contributed by atoms with Gasteiger partial charge in [-0.25, -0.2) is 0 Å². The van der Waals surface area contributed by atoms with Gasteiger partial charge in [-0.05, 0) is 103 Å². The highest BCUT2D eigenvalue weighted by atomic mass is 16.6. The molecule has 0 aromatic rings. The highest BCUT2D eigenvalue weighted by Gasteiger charge is 2.19. The maximum atomic E-state index is 12.9. The summed E-state index contributed by atoms with van der Waals surface area (Å²) in [6, 6.07) is 0. The van der Waals surface area contributed by atoms with E-state index in [0.717, 1.165) is 109 Å². The minimum atomic E-state index is -0.798. The van der Waals surface area contributed by atoms with Crippen LogP contribution in [0.4, 0.5) is 0 Å². The fourth-order valence-electron chi connectivity index (χ4n) is 9.71. The zero-order valence-electron chi connectivity index (χ0n) is 52.8. The fraction of sp³-hybridized carbons (Fsp3) is 0.743. The van der Waals surface area contributed by atoms with E-state index in [9.17, 15) is 14.4 Å². The molecule has 6 nitrogen and oxygen atoms in total. The first-order valence-electron chi connectivity index (χ1n) is 34.2. The Morgan fingerprint density at radius 1 is 0.263 bits per heavy atom. The number of hydrogen-bond acceptors (Lipinski definition) is 6. The predicted octanol–water partition coefficient (Wildman–Crippen LogP) is 23.6. The molecular weight excluding hydrogens is 985 g/mol. The third kappa shape index (κ3) is 65.1. The van der Waals surface area contributed by atoms with Crippen LogP contribution < -0.4 is 0 Å². The highest BCUT2D eigenvalue weighted by molar-refractivity contribution is 5.71. The van der Waals surface area contributed by atoms with E-state index < -0.39 is 6.10 Å². The van der Waals surface area contributed by atoms with Gasteiger partial charge in [0.1, 0.15) is 13.2 Å². The number of carbonyl (C=O) groups excluding carboxylic acids is 3. The van der Waals surface area contributed by atoms with Gasteiger partial charge in [0.2, 0.25) is 0 Å². The maximum absolute atomic E-state index is 12.9. The molecule has 1 unspecified atom stereocenters. The van der Waals surface area contributed by atoms with E-state index in [-0.39, 0.29) is 37.5 Å². The second-order valence-electron chi connectivity index (χ2n) is 22.7. The average Bonchev–Trinajstić information content (AvgIpc) is 3.46. The first kappa shape index (κ1) is 76.3. The average molecular weight is 1110 g/mol. The van der Waals surface area contributed by atoms with E-state index in [2.05, 4.69) is 118 Å². The van der Waals surface area contributed by atoms with E-state index in [4.69, 9.17) is 14.2 Å². The lowest BCUT2D eigenvalue weighted by Crippen LogP contribution is -2.30. The van der Waals surface area contributed by atoms with Gasteiger partial charge in [0.15, 0.2) is 6.10 Å². The SMILES string of the molecule is CC/C=C\C/C=C\C/C=C\C/C=C\C/C=C\CCCCCC(=O)OC(COC(=O)CCCCCCCCCCCC/C=C\C/C=C\C/C=C\CCCCCCC)COC(=O)CCCCCCCCCCCCCCCCCCCC. The third-order valence-electron chi connectivity index (χ3n) is 14.8. The van der Waals surface area contributed by atoms with Crippen LogP contribution in [0.25, 0.3) is 0 Å². The Bertz CT molecular complexity index is 1560. The van der Waals surface area contributed by atoms with Crippen molar-refractivity contribution in [2.24, 2.45) is 0 Å². The Morgan fingerprint density at radius 3 is 0.775 bits per heavy atom. The minimum Gasteiger partial charge on any atom is -0.462 e. The zero-order chi connectivity index (χ0) is 57.8. The molecule has 0 spiro atoms. The summed E-state index contributed by atoms with van der Waals surface area (Å²) in [6.45, 7) is 6.53. The standard InChI is InChI=1S/C74H128O6/c1-4-7-10-13-16-19-22-25-28-31-34-35-36-37-38-39-41-43-46-49-52-55-58-61-64-67-73(76)79-70-71(69-78-72(75)66-63-60-57-54-51-48-45-42-33-30-27-24-21-18-15-12-9-6-3)80-74(77)68-65-62-59-56-53-50-47-44-40-32-29-26-23-20-17-14-11-8-5-2/h8,11,17,20,22,25-26,29,31,34,36-37,40,44,50,53,71H,4-7,9-10,12-16,18-19,21,23-24,27-28,30,32-33,35,38-39,41-43,45-49,51-52,54-70H2,1-3H3/b11-8-,20-17-,25-22-,29-26-,34-31-,37-36-,44-40-,53-50-. The number of carbonyl (C=O) groups is 3. The number of esters is 3. The van der Waals surface area contributed by atoms with Crippen LogP contribution >= 0.6 is 0 Å². The lowest BCUT2D eigenvalue weighted by Gasteiger charge is -2.18. The lowest BCUT2D eigenvalue weighted by molar-refractivity contribution is -0.167. The Hall–Kier alpha value is -3.67. The van der Waals surface area contributed by atoms with Crippen LogP contribution in [-0.2, 0) is 28.6 Å². The van der Waals surface area contributed by atoms with Crippen LogP contribution in [0.2, 0.25) is 0 Å². The van der Waals surface area contributed by atoms with Crippen molar-refractivity contribution in [3.8, 4) is 0 Å². The van der Waals surface area contributed by atoms with Crippen LogP contribution in [0.3, 0.4) is 0 Å². The molecule has 0 aliphatic carbocycles. The summed E-state index contributed by atoms with van der Waals surface area (Å²) < 4.78 is 17.0. The van der Waals surface area contributed by atoms with Crippen molar-refractivity contribution in [1.82, 2.24) is 0 Å². The quantitative estimate of drug-likeness (QED) is 0.0261. The zero-order valence-corrected chi connectivity index (χ0v) is 52.8. The van der Waals surface area contributed by atoms with Crippen molar-refractivity contribution in [1.29, 1.82) is 0 Å². The molecule has 0 radical (unpaired) electrons. The monoisotopic (exact) mass is 1110 g/mol. The molecule has 0 rings (SSSR count). The van der Waals surface area contributed by atoms with Crippen molar-refractivity contribution < 1.29 is 28.6 Å². The number of rotatable bonds is 62. The second-order valence-corrected chi connectivity index (χ2v) is 22.7. The first-order valence-corrected chi connectivity index (χ1v) is 34.2. The lowest BCUT2D eigenvalue weighted by atomic mass is 10.0. The van der Waals surface area contributed by atoms with Gasteiger partial charge in [-0.3, -0.25) is 14.4 Å². The van der Waals surface area contributed by atoms with Crippen LogP contribution in [0.1, 0.15) is 335 Å². The summed E-state index contributed by atoms with van der Waals surface area (Å²) >= 11 is 0. The molecule has 0 bridgehead atoms. The topological polar surface area (TPSA) is 78.9 Å². The predicted molar refractivity (Wildman–Crippen MR) is 348 cm³/mol. The Morgan fingerprint density at radius 2 is 0.487 bits per heavy atom. The Balaban J connectivity index is 4.40. The molecule has 0 N–H and O–H groups in total. The Kier molecular flexibility index (Phi) is 64.7. The molecule has 0 saturated heterocycles. The number of ether oxygens (including phenoxy) is 3. The van der Waals surface area contributed by atoms with E-state index in [0.29, 0.717) is 12.8 Å². The Labute approximate surface area is 496 Å². The molecule has 0 aromatic heterocycles. The van der Waals surface area contributed by atoms with E-state index in [1.807, 2.05) is 0 Å². The van der Waals surface area contributed by atoms with Gasteiger partial charge in [-0.2, -0.15) is 0 Å². The van der Waals surface area contributed by atoms with Crippen molar-refractivity contribution in [2.45, 2.75) is 341 Å². The van der Waals surface area contributed by atoms with Gasteiger partial charge in [-0.15, -0.1) is 0 Å². The van der Waals surface area contributed by atoms with Crippen molar-refractivity contribution in [3.05, 3.63) is 97.2 Å². The van der Waals surface area contributed by atoms with Gasteiger partial charge < -0.3 is 14.2 Å². The van der Waals surface area contributed by atoms with Crippen LogP contribution in [0.15, 0.2) is 97.2 Å². The summed E-state index contributed by atoms with van der Waals surface area (Å²) in [6.07, 6.45) is 91.3. The van der Waals surface area contributed by atoms with Crippen LogP contribution in [-0.4, -0.2) is 37.2 Å². The van der Waals surface area contributed by atoms with Crippen molar-refractivity contribution in [3.63, 3.8) is 0 Å².